The lowest BCUT2D eigenvalue weighted by Crippen LogP contribution is -2.42. The minimum atomic E-state index is -0.325. The van der Waals surface area contributed by atoms with Crippen LogP contribution in [0.25, 0.3) is 0 Å². The summed E-state index contributed by atoms with van der Waals surface area (Å²) in [6, 6.07) is 7.63. The van der Waals surface area contributed by atoms with E-state index in [1.54, 1.807) is 0 Å². The minimum absolute atomic E-state index is 0. The van der Waals surface area contributed by atoms with E-state index in [0.717, 1.165) is 17.9 Å². The smallest absolute Gasteiger partial charge is 0.242 e. The molecule has 0 aliphatic rings. The molecule has 0 bridgehead atoms. The molecule has 1 atom stereocenters. The van der Waals surface area contributed by atoms with Crippen LogP contribution in [0.2, 0.25) is 0 Å². The number of amides is 2. The van der Waals surface area contributed by atoms with Gasteiger partial charge in [0.05, 0.1) is 6.10 Å². The fourth-order valence-corrected chi connectivity index (χ4v) is 2.52. The Kier molecular flexibility index (Phi) is 14.0. The number of rotatable bonds is 10. The summed E-state index contributed by atoms with van der Waals surface area (Å²) in [5.41, 5.74) is 0.469. The molecule has 0 aromatic heterocycles. The first-order chi connectivity index (χ1) is 14.5. The zero-order valence-electron chi connectivity index (χ0n) is 20.4. The number of carbonyl (C=O) groups is 2. The number of hydrogen-bond acceptors (Lipinski definition) is 4. The topological polar surface area (TPSA) is 104 Å². The third-order valence-corrected chi connectivity index (χ3v) is 4.05. The van der Waals surface area contributed by atoms with E-state index in [1.807, 2.05) is 72.7 Å². The molecular formula is C23H40IN5O3. The Morgan fingerprint density at radius 1 is 1.06 bits per heavy atom. The quantitative estimate of drug-likeness (QED) is 0.198. The summed E-state index contributed by atoms with van der Waals surface area (Å²) in [5.74, 6) is 1.00. The predicted molar refractivity (Wildman–Crippen MR) is 142 cm³/mol. The molecule has 0 saturated heterocycles. The highest BCUT2D eigenvalue weighted by molar-refractivity contribution is 14.0. The number of anilines is 1. The van der Waals surface area contributed by atoms with Gasteiger partial charge in [0.2, 0.25) is 11.8 Å². The van der Waals surface area contributed by atoms with Crippen molar-refractivity contribution in [2.45, 2.75) is 79.0 Å². The summed E-state index contributed by atoms with van der Waals surface area (Å²) in [4.78, 5) is 28.5. The molecule has 1 unspecified atom stereocenters. The number of guanidine groups is 1. The van der Waals surface area contributed by atoms with Crippen molar-refractivity contribution in [2.75, 3.05) is 18.4 Å². The van der Waals surface area contributed by atoms with Crippen molar-refractivity contribution >= 4 is 47.4 Å². The first-order valence-electron chi connectivity index (χ1n) is 10.9. The van der Waals surface area contributed by atoms with Gasteiger partial charge in [0.1, 0.15) is 12.3 Å². The maximum Gasteiger partial charge on any atom is 0.242 e. The molecule has 0 saturated carbocycles. The number of nitrogens with zero attached hydrogens (tertiary/aromatic N) is 1. The Morgan fingerprint density at radius 2 is 1.69 bits per heavy atom. The van der Waals surface area contributed by atoms with Gasteiger partial charge in [-0.05, 0) is 72.2 Å². The average Bonchev–Trinajstić information content (AvgIpc) is 2.65. The van der Waals surface area contributed by atoms with Crippen LogP contribution in [-0.4, -0.2) is 48.5 Å². The van der Waals surface area contributed by atoms with Crippen LogP contribution in [0.15, 0.2) is 29.3 Å². The third-order valence-electron chi connectivity index (χ3n) is 4.05. The molecule has 9 heteroatoms. The average molecular weight is 562 g/mol. The second-order valence-corrected chi connectivity index (χ2v) is 8.83. The van der Waals surface area contributed by atoms with Gasteiger partial charge in [0.15, 0.2) is 5.96 Å². The molecule has 2 amide bonds. The molecule has 1 rings (SSSR count). The molecule has 4 N–H and O–H groups in total. The van der Waals surface area contributed by atoms with E-state index < -0.39 is 0 Å². The second kappa shape index (κ2) is 14.9. The van der Waals surface area contributed by atoms with Gasteiger partial charge in [0, 0.05) is 30.2 Å². The summed E-state index contributed by atoms with van der Waals surface area (Å²) in [6.07, 6.45) is 1.29. The Labute approximate surface area is 209 Å². The molecule has 182 valence electrons. The van der Waals surface area contributed by atoms with Crippen LogP contribution in [-0.2, 0) is 9.59 Å². The zero-order chi connectivity index (χ0) is 23.4. The van der Waals surface area contributed by atoms with Crippen molar-refractivity contribution in [3.05, 3.63) is 24.3 Å². The van der Waals surface area contributed by atoms with Crippen LogP contribution in [0.5, 0.6) is 5.75 Å². The first kappa shape index (κ1) is 30.0. The lowest BCUT2D eigenvalue weighted by Gasteiger charge is -2.20. The molecular weight excluding hydrogens is 521 g/mol. The van der Waals surface area contributed by atoms with Crippen molar-refractivity contribution in [2.24, 2.45) is 4.99 Å². The molecule has 0 heterocycles. The van der Waals surface area contributed by atoms with E-state index in [4.69, 9.17) is 4.74 Å². The largest absolute Gasteiger partial charge is 0.491 e. The molecule has 0 aliphatic heterocycles. The lowest BCUT2D eigenvalue weighted by atomic mass is 10.1. The predicted octanol–water partition coefficient (Wildman–Crippen LogP) is 3.67. The van der Waals surface area contributed by atoms with Crippen LogP contribution in [0.4, 0.5) is 5.69 Å². The van der Waals surface area contributed by atoms with Crippen LogP contribution >= 0.6 is 24.0 Å². The highest BCUT2D eigenvalue weighted by Crippen LogP contribution is 2.16. The van der Waals surface area contributed by atoms with Crippen molar-refractivity contribution in [3.63, 3.8) is 0 Å². The van der Waals surface area contributed by atoms with Crippen LogP contribution in [0.3, 0.4) is 0 Å². The van der Waals surface area contributed by atoms with Gasteiger partial charge in [-0.3, -0.25) is 9.59 Å². The van der Waals surface area contributed by atoms with Gasteiger partial charge in [-0.25, -0.2) is 4.99 Å². The van der Waals surface area contributed by atoms with E-state index in [2.05, 4.69) is 26.3 Å². The number of hydrogen-bond donors (Lipinski definition) is 4. The molecule has 0 fully saturated rings. The summed E-state index contributed by atoms with van der Waals surface area (Å²) in [5, 5.41) is 12.1. The number of ether oxygens (including phenoxy) is 1. The summed E-state index contributed by atoms with van der Waals surface area (Å²) in [6.45, 7) is 14.1. The van der Waals surface area contributed by atoms with E-state index in [9.17, 15) is 9.59 Å². The van der Waals surface area contributed by atoms with Crippen molar-refractivity contribution in [3.8, 4) is 5.75 Å². The SMILES string of the molecule is CCC(C)NC(=O)CCNC(=NCC(=O)NC(C)(C)C)Nc1ccc(OC(C)C)cc1.I. The Bertz CT molecular complexity index is 730. The second-order valence-electron chi connectivity index (χ2n) is 8.83. The maximum absolute atomic E-state index is 12.1. The van der Waals surface area contributed by atoms with Crippen LogP contribution < -0.4 is 26.0 Å². The van der Waals surface area contributed by atoms with Gasteiger partial charge in [-0.15, -0.1) is 24.0 Å². The van der Waals surface area contributed by atoms with Crippen LogP contribution in [0, 0.1) is 0 Å². The fraction of sp³-hybridized carbons (Fsp3) is 0.609. The normalized spacial score (nSPS) is 12.4. The molecule has 0 aliphatic carbocycles. The standard InChI is InChI=1S/C23H39N5O3.HI/c1-8-17(4)26-20(29)13-14-24-22(25-15-21(30)28-23(5,6)7)27-18-9-11-19(12-10-18)31-16(2)3;/h9-12,16-17H,8,13-15H2,1-7H3,(H,26,29)(H,28,30)(H2,24,25,27);1H. The Morgan fingerprint density at radius 3 is 2.22 bits per heavy atom. The summed E-state index contributed by atoms with van der Waals surface area (Å²) in [7, 11) is 0. The zero-order valence-corrected chi connectivity index (χ0v) is 22.7. The molecule has 32 heavy (non-hydrogen) atoms. The van der Waals surface area contributed by atoms with Crippen molar-refractivity contribution < 1.29 is 14.3 Å². The molecule has 1 aromatic rings. The Balaban J connectivity index is 0.00000961. The monoisotopic (exact) mass is 561 g/mol. The van der Waals surface area contributed by atoms with Crippen molar-refractivity contribution in [1.29, 1.82) is 0 Å². The summed E-state index contributed by atoms with van der Waals surface area (Å²) >= 11 is 0. The third kappa shape index (κ3) is 14.1. The molecule has 0 radical (unpaired) electrons. The molecule has 1 aromatic carbocycles. The van der Waals surface area contributed by atoms with E-state index >= 15 is 0 Å². The highest BCUT2D eigenvalue weighted by atomic mass is 127. The van der Waals surface area contributed by atoms with Gasteiger partial charge < -0.3 is 26.0 Å². The Hall–Kier alpha value is -2.04. The number of halogens is 1. The van der Waals surface area contributed by atoms with E-state index in [0.29, 0.717) is 18.9 Å². The minimum Gasteiger partial charge on any atom is -0.491 e. The fourth-order valence-electron chi connectivity index (χ4n) is 2.52. The lowest BCUT2D eigenvalue weighted by molar-refractivity contribution is -0.122. The van der Waals surface area contributed by atoms with Crippen LogP contribution in [0.1, 0.15) is 61.3 Å². The molecule has 8 nitrogen and oxygen atoms in total. The maximum atomic E-state index is 12.1. The molecule has 0 spiro atoms. The number of carbonyl (C=O) groups excluding carboxylic acids is 2. The van der Waals surface area contributed by atoms with E-state index in [1.165, 1.54) is 0 Å². The van der Waals surface area contributed by atoms with Gasteiger partial charge in [-0.2, -0.15) is 0 Å². The van der Waals surface area contributed by atoms with Gasteiger partial charge >= 0.3 is 0 Å². The first-order valence-corrected chi connectivity index (χ1v) is 10.9. The number of benzene rings is 1. The highest BCUT2D eigenvalue weighted by Gasteiger charge is 2.13. The number of nitrogens with one attached hydrogen (secondary N) is 4. The summed E-state index contributed by atoms with van der Waals surface area (Å²) < 4.78 is 5.66. The number of aliphatic imine (C=N–C) groups is 1. The van der Waals surface area contributed by atoms with Gasteiger partial charge in [0.25, 0.3) is 0 Å². The van der Waals surface area contributed by atoms with E-state index in [-0.39, 0.29) is 60.0 Å². The van der Waals surface area contributed by atoms with Crippen molar-refractivity contribution in [1.82, 2.24) is 16.0 Å². The van der Waals surface area contributed by atoms with Gasteiger partial charge in [-0.1, -0.05) is 6.92 Å².